The lowest BCUT2D eigenvalue weighted by Gasteiger charge is -2.41. The van der Waals surface area contributed by atoms with Crippen molar-refractivity contribution < 1.29 is 4.79 Å². The number of hydrogen-bond donors (Lipinski definition) is 0. The first-order valence-corrected chi connectivity index (χ1v) is 10.2. The number of anilines is 1. The molecule has 0 bridgehead atoms. The van der Waals surface area contributed by atoms with Crippen LogP contribution in [0.25, 0.3) is 27.6 Å². The fourth-order valence-electron chi connectivity index (χ4n) is 4.81. The smallest absolute Gasteiger partial charge is 0.230 e. The first-order chi connectivity index (χ1) is 14.3. The van der Waals surface area contributed by atoms with Gasteiger partial charge in [-0.05, 0) is 58.3 Å². The third-order valence-electron chi connectivity index (χ3n) is 6.25. The second-order valence-electron chi connectivity index (χ2n) is 7.85. The summed E-state index contributed by atoms with van der Waals surface area (Å²) in [6.45, 7) is 0. The molecule has 0 radical (unpaired) electrons. The first-order valence-electron chi connectivity index (χ1n) is 10.2. The van der Waals surface area contributed by atoms with E-state index in [-0.39, 0.29) is 11.9 Å². The van der Waals surface area contributed by atoms with Gasteiger partial charge in [-0.2, -0.15) is 0 Å². The molecule has 1 fully saturated rings. The van der Waals surface area contributed by atoms with Gasteiger partial charge in [0.1, 0.15) is 0 Å². The summed E-state index contributed by atoms with van der Waals surface area (Å²) in [7, 11) is 0. The van der Waals surface area contributed by atoms with Crippen LogP contribution in [-0.4, -0.2) is 10.9 Å². The quantitative estimate of drug-likeness (QED) is 0.326. The van der Waals surface area contributed by atoms with E-state index in [1.807, 2.05) is 23.1 Å². The second-order valence-corrected chi connectivity index (χ2v) is 7.85. The Morgan fingerprint density at radius 3 is 2.55 bits per heavy atom. The zero-order valence-electron chi connectivity index (χ0n) is 16.0. The van der Waals surface area contributed by atoms with Gasteiger partial charge in [0.05, 0.1) is 23.8 Å². The standard InChI is InChI=1S/C26H20N2O/c29-26-16-25(23-11-5-6-14-27-23)28(26)24-15-22-18-8-2-1-7-17(18)12-13-20(22)19-9-3-4-10-21(19)24/h2-6,8-15,25H,1,7,16H2. The van der Waals surface area contributed by atoms with Crippen LogP contribution in [0.5, 0.6) is 0 Å². The van der Waals surface area contributed by atoms with Crippen molar-refractivity contribution in [2.24, 2.45) is 0 Å². The molecule has 0 saturated carbocycles. The number of nitrogens with zero attached hydrogens (tertiary/aromatic N) is 2. The van der Waals surface area contributed by atoms with Crippen LogP contribution in [-0.2, 0) is 11.2 Å². The summed E-state index contributed by atoms with van der Waals surface area (Å²) in [4.78, 5) is 19.2. The van der Waals surface area contributed by atoms with Gasteiger partial charge in [0.2, 0.25) is 5.91 Å². The van der Waals surface area contributed by atoms with Crippen LogP contribution in [0.1, 0.15) is 35.7 Å². The van der Waals surface area contributed by atoms with E-state index >= 15 is 0 Å². The molecule has 1 aromatic heterocycles. The topological polar surface area (TPSA) is 33.2 Å². The number of rotatable bonds is 2. The van der Waals surface area contributed by atoms with Crippen molar-refractivity contribution >= 4 is 39.2 Å². The van der Waals surface area contributed by atoms with Crippen molar-refractivity contribution in [3.63, 3.8) is 0 Å². The Balaban J connectivity index is 1.63. The zero-order valence-corrected chi connectivity index (χ0v) is 16.0. The van der Waals surface area contributed by atoms with Gasteiger partial charge in [-0.25, -0.2) is 0 Å². The Kier molecular flexibility index (Phi) is 3.57. The van der Waals surface area contributed by atoms with Crippen molar-refractivity contribution in [2.75, 3.05) is 4.90 Å². The molecule has 1 atom stereocenters. The minimum absolute atomic E-state index is 0.000336. The Morgan fingerprint density at radius 1 is 0.897 bits per heavy atom. The molecule has 140 valence electrons. The number of allylic oxidation sites excluding steroid dienone is 1. The maximum atomic E-state index is 12.8. The Hall–Kier alpha value is -3.46. The van der Waals surface area contributed by atoms with E-state index in [4.69, 9.17) is 0 Å². The summed E-state index contributed by atoms with van der Waals surface area (Å²) in [6, 6.07) is 21.1. The van der Waals surface area contributed by atoms with Crippen LogP contribution in [0.2, 0.25) is 0 Å². The van der Waals surface area contributed by atoms with Crippen LogP contribution in [0.4, 0.5) is 5.69 Å². The van der Waals surface area contributed by atoms with Crippen LogP contribution in [0.3, 0.4) is 0 Å². The molecule has 1 amide bonds. The van der Waals surface area contributed by atoms with Crippen LogP contribution < -0.4 is 4.90 Å². The van der Waals surface area contributed by atoms with Crippen molar-refractivity contribution in [1.29, 1.82) is 0 Å². The lowest BCUT2D eigenvalue weighted by atomic mass is 9.88. The number of benzene rings is 3. The monoisotopic (exact) mass is 376 g/mol. The summed E-state index contributed by atoms with van der Waals surface area (Å²) >= 11 is 0. The predicted molar refractivity (Wildman–Crippen MR) is 118 cm³/mol. The fraction of sp³-hybridized carbons (Fsp3) is 0.154. The van der Waals surface area contributed by atoms with Gasteiger partial charge in [-0.3, -0.25) is 9.78 Å². The number of carbonyl (C=O) groups excluding carboxylic acids is 1. The van der Waals surface area contributed by atoms with E-state index in [1.54, 1.807) is 6.20 Å². The predicted octanol–water partition coefficient (Wildman–Crippen LogP) is 5.83. The number of pyridine rings is 1. The van der Waals surface area contributed by atoms with E-state index in [1.165, 1.54) is 27.3 Å². The molecule has 3 heteroatoms. The summed E-state index contributed by atoms with van der Waals surface area (Å²) in [5.41, 5.74) is 4.62. The van der Waals surface area contributed by atoms with E-state index < -0.39 is 0 Å². The first kappa shape index (κ1) is 16.5. The maximum absolute atomic E-state index is 12.8. The average Bonchev–Trinajstić information content (AvgIpc) is 2.78. The molecular weight excluding hydrogens is 356 g/mol. The fourth-order valence-corrected chi connectivity index (χ4v) is 4.81. The molecule has 2 heterocycles. The molecule has 0 N–H and O–H groups in total. The summed E-state index contributed by atoms with van der Waals surface area (Å²) in [5, 5.41) is 4.79. The van der Waals surface area contributed by atoms with Crippen molar-refractivity contribution in [1.82, 2.24) is 4.98 Å². The Morgan fingerprint density at radius 2 is 1.72 bits per heavy atom. The third kappa shape index (κ3) is 2.44. The number of carbonyl (C=O) groups is 1. The number of β-lactam (4-membered cyclic amide) rings is 1. The molecule has 29 heavy (non-hydrogen) atoms. The summed E-state index contributed by atoms with van der Waals surface area (Å²) in [5.74, 6) is 0.158. The zero-order chi connectivity index (χ0) is 19.4. The summed E-state index contributed by atoms with van der Waals surface area (Å²) < 4.78 is 0. The highest BCUT2D eigenvalue weighted by atomic mass is 16.2. The number of hydrogen-bond acceptors (Lipinski definition) is 2. The number of aryl methyl sites for hydroxylation is 1. The molecule has 1 aliphatic heterocycles. The number of amides is 1. The van der Waals surface area contributed by atoms with Gasteiger partial charge in [-0.1, -0.05) is 54.6 Å². The number of fused-ring (bicyclic) bond motifs is 5. The highest BCUT2D eigenvalue weighted by Gasteiger charge is 2.40. The van der Waals surface area contributed by atoms with Gasteiger partial charge >= 0.3 is 0 Å². The average molecular weight is 376 g/mol. The van der Waals surface area contributed by atoms with Crippen molar-refractivity contribution in [3.8, 4) is 0 Å². The van der Waals surface area contributed by atoms with E-state index in [0.717, 1.165) is 29.6 Å². The third-order valence-corrected chi connectivity index (χ3v) is 6.25. The van der Waals surface area contributed by atoms with Gasteiger partial charge in [0.25, 0.3) is 0 Å². The van der Waals surface area contributed by atoms with Gasteiger partial charge in [-0.15, -0.1) is 0 Å². The highest BCUT2D eigenvalue weighted by molar-refractivity contribution is 6.18. The molecule has 1 unspecified atom stereocenters. The van der Waals surface area contributed by atoms with Crippen LogP contribution >= 0.6 is 0 Å². The molecule has 6 rings (SSSR count). The number of aromatic nitrogens is 1. The minimum Gasteiger partial charge on any atom is -0.302 e. The Bertz CT molecular complexity index is 1310. The highest BCUT2D eigenvalue weighted by Crippen LogP contribution is 2.44. The van der Waals surface area contributed by atoms with Gasteiger partial charge in [0.15, 0.2) is 0 Å². The van der Waals surface area contributed by atoms with Crippen molar-refractivity contribution in [2.45, 2.75) is 25.3 Å². The molecule has 1 aliphatic carbocycles. The normalized spacial score (nSPS) is 18.1. The van der Waals surface area contributed by atoms with Crippen LogP contribution in [0, 0.1) is 0 Å². The molecule has 4 aromatic rings. The van der Waals surface area contributed by atoms with E-state index in [0.29, 0.717) is 6.42 Å². The molecule has 3 nitrogen and oxygen atoms in total. The van der Waals surface area contributed by atoms with Gasteiger partial charge < -0.3 is 4.90 Å². The van der Waals surface area contributed by atoms with Crippen molar-refractivity contribution in [3.05, 3.63) is 89.8 Å². The largest absolute Gasteiger partial charge is 0.302 e. The summed E-state index contributed by atoms with van der Waals surface area (Å²) in [6.07, 6.45) is 8.97. The molecule has 2 aliphatic rings. The molecule has 1 saturated heterocycles. The molecule has 0 spiro atoms. The minimum atomic E-state index is -0.000336. The van der Waals surface area contributed by atoms with E-state index in [2.05, 4.69) is 59.6 Å². The van der Waals surface area contributed by atoms with Crippen LogP contribution in [0.15, 0.2) is 72.9 Å². The molecule has 3 aromatic carbocycles. The SMILES string of the molecule is O=C1CC(c2ccccn2)N1c1cc2c3c(ccc2c2ccccc12)CCC=C3. The maximum Gasteiger partial charge on any atom is 0.230 e. The Labute approximate surface area is 169 Å². The van der Waals surface area contributed by atoms with Gasteiger partial charge in [0, 0.05) is 11.6 Å². The lowest BCUT2D eigenvalue weighted by Crippen LogP contribution is -2.47. The van der Waals surface area contributed by atoms with E-state index in [9.17, 15) is 4.79 Å². The second kappa shape index (κ2) is 6.28. The lowest BCUT2D eigenvalue weighted by molar-refractivity contribution is -0.124. The molecular formula is C26H20N2O.